The molecule has 0 aliphatic carbocycles. The lowest BCUT2D eigenvalue weighted by Gasteiger charge is -2.51. The van der Waals surface area contributed by atoms with Gasteiger partial charge < -0.3 is 9.64 Å². The van der Waals surface area contributed by atoms with Gasteiger partial charge >= 0.3 is 6.09 Å². The Kier molecular flexibility index (Phi) is 4.07. The fourth-order valence-corrected chi connectivity index (χ4v) is 5.53. The number of benzene rings is 1. The fraction of sp³-hybridized carbons (Fsp3) is 0.600. The number of carbonyl (C=O) groups excluding carboxylic acids is 2. The highest BCUT2D eigenvalue weighted by atomic mass is 19.1. The van der Waals surface area contributed by atoms with Gasteiger partial charge in [-0.05, 0) is 49.5 Å². The summed E-state index contributed by atoms with van der Waals surface area (Å²) in [6.07, 6.45) is 1.84. The van der Waals surface area contributed by atoms with Crippen LogP contribution in [-0.4, -0.2) is 78.1 Å². The summed E-state index contributed by atoms with van der Waals surface area (Å²) in [4.78, 5) is 30.8. The second-order valence-corrected chi connectivity index (χ2v) is 8.09. The quantitative estimate of drug-likeness (QED) is 0.809. The first-order valence-corrected chi connectivity index (χ1v) is 9.82. The van der Waals surface area contributed by atoms with E-state index in [1.807, 2.05) is 17.0 Å². The Morgan fingerprint density at radius 2 is 1.85 bits per heavy atom. The first-order valence-electron chi connectivity index (χ1n) is 9.82. The van der Waals surface area contributed by atoms with E-state index in [-0.39, 0.29) is 36.3 Å². The molecule has 5 aliphatic rings. The van der Waals surface area contributed by atoms with Crippen LogP contribution in [0.3, 0.4) is 0 Å². The van der Waals surface area contributed by atoms with Gasteiger partial charge in [0.05, 0.1) is 12.6 Å². The minimum absolute atomic E-state index is 0.00205. The van der Waals surface area contributed by atoms with E-state index in [1.54, 1.807) is 0 Å². The van der Waals surface area contributed by atoms with Gasteiger partial charge in [0.25, 0.3) is 0 Å². The van der Waals surface area contributed by atoms with Crippen molar-refractivity contribution in [3.8, 4) is 0 Å². The number of hydrogen-bond donors (Lipinski definition) is 0. The number of halogens is 1. The summed E-state index contributed by atoms with van der Waals surface area (Å²) in [6, 6.07) is 7.20. The molecule has 2 amide bonds. The van der Waals surface area contributed by atoms with Crippen molar-refractivity contribution >= 4 is 12.0 Å². The molecule has 1 aromatic rings. The zero-order valence-electron chi connectivity index (χ0n) is 15.2. The van der Waals surface area contributed by atoms with Crippen molar-refractivity contribution < 1.29 is 18.7 Å². The number of amides is 2. The normalized spacial score (nSPS) is 34.7. The van der Waals surface area contributed by atoms with E-state index in [0.717, 1.165) is 31.5 Å². The van der Waals surface area contributed by atoms with Crippen LogP contribution < -0.4 is 0 Å². The summed E-state index contributed by atoms with van der Waals surface area (Å²) in [7, 11) is 0. The van der Waals surface area contributed by atoms with Gasteiger partial charge in [0.2, 0.25) is 5.91 Å². The molecule has 7 heteroatoms. The predicted octanol–water partition coefficient (Wildman–Crippen LogP) is 1.67. The largest absolute Gasteiger partial charge is 0.448 e. The number of cyclic esters (lactones) is 1. The second-order valence-electron chi connectivity index (χ2n) is 8.09. The number of fused-ring (bicyclic) bond motifs is 2. The molecule has 6 rings (SSSR count). The fourth-order valence-electron chi connectivity index (χ4n) is 5.53. The van der Waals surface area contributed by atoms with Crippen LogP contribution in [0.1, 0.15) is 24.3 Å². The molecule has 5 saturated heterocycles. The summed E-state index contributed by atoms with van der Waals surface area (Å²) in [5.41, 5.74) is 1.09. The Morgan fingerprint density at radius 3 is 2.52 bits per heavy atom. The number of nitrogens with zero attached hydrogens (tertiary/aromatic N) is 3. The van der Waals surface area contributed by atoms with Crippen molar-refractivity contribution in [1.82, 2.24) is 14.7 Å². The minimum Gasteiger partial charge on any atom is -0.448 e. The van der Waals surface area contributed by atoms with Crippen LogP contribution in [0.2, 0.25) is 0 Å². The lowest BCUT2D eigenvalue weighted by atomic mass is 9.75. The van der Waals surface area contributed by atoms with Crippen molar-refractivity contribution in [1.29, 1.82) is 0 Å². The van der Waals surface area contributed by atoms with Gasteiger partial charge in [-0.2, -0.15) is 0 Å². The lowest BCUT2D eigenvalue weighted by Crippen LogP contribution is -2.61. The summed E-state index contributed by atoms with van der Waals surface area (Å²) in [5, 5.41) is 0. The number of rotatable bonds is 3. The number of likely N-dealkylation sites (tertiary alicyclic amines) is 1. The molecule has 0 unspecified atom stereocenters. The van der Waals surface area contributed by atoms with Gasteiger partial charge in [-0.25, -0.2) is 9.18 Å². The van der Waals surface area contributed by atoms with Gasteiger partial charge in [0.1, 0.15) is 19.0 Å². The molecule has 5 aliphatic heterocycles. The number of piperidine rings is 3. The first kappa shape index (κ1) is 17.0. The zero-order chi connectivity index (χ0) is 18.5. The maximum atomic E-state index is 13.4. The third-order valence-electron chi connectivity index (χ3n) is 6.78. The smallest absolute Gasteiger partial charge is 0.410 e. The molecule has 1 aromatic carbocycles. The summed E-state index contributed by atoms with van der Waals surface area (Å²) in [5.74, 6) is 0.467. The molecule has 144 valence electrons. The average Bonchev–Trinajstić information content (AvgIpc) is 3.29. The highest BCUT2D eigenvalue weighted by Crippen LogP contribution is 2.46. The van der Waals surface area contributed by atoms with E-state index in [2.05, 4.69) is 4.90 Å². The highest BCUT2D eigenvalue weighted by molar-refractivity contribution is 5.83. The summed E-state index contributed by atoms with van der Waals surface area (Å²) < 4.78 is 18.4. The molecular formula is C20H24FN3O3. The summed E-state index contributed by atoms with van der Waals surface area (Å²) >= 11 is 0. The first-order chi connectivity index (χ1) is 13.1. The van der Waals surface area contributed by atoms with Crippen LogP contribution in [0.15, 0.2) is 24.3 Å². The van der Waals surface area contributed by atoms with E-state index in [4.69, 9.17) is 4.74 Å². The van der Waals surface area contributed by atoms with E-state index in [1.165, 1.54) is 17.0 Å². The third kappa shape index (κ3) is 2.79. The Labute approximate surface area is 157 Å². The molecule has 5 fully saturated rings. The van der Waals surface area contributed by atoms with Crippen LogP contribution in [0, 0.1) is 11.7 Å². The maximum absolute atomic E-state index is 13.4. The van der Waals surface area contributed by atoms with Crippen molar-refractivity contribution in [3.05, 3.63) is 35.6 Å². The average molecular weight is 373 g/mol. The molecule has 3 atom stereocenters. The van der Waals surface area contributed by atoms with Crippen molar-refractivity contribution in [2.24, 2.45) is 5.92 Å². The van der Waals surface area contributed by atoms with Crippen LogP contribution in [-0.2, 0) is 9.53 Å². The van der Waals surface area contributed by atoms with Gasteiger partial charge in [-0.3, -0.25) is 14.6 Å². The maximum Gasteiger partial charge on any atom is 0.410 e. The van der Waals surface area contributed by atoms with E-state index < -0.39 is 6.09 Å². The molecule has 0 radical (unpaired) electrons. The molecule has 0 spiro atoms. The van der Waals surface area contributed by atoms with E-state index >= 15 is 0 Å². The monoisotopic (exact) mass is 373 g/mol. The number of carbonyl (C=O) groups is 2. The van der Waals surface area contributed by atoms with Crippen LogP contribution in [0.5, 0.6) is 0 Å². The third-order valence-corrected chi connectivity index (χ3v) is 6.78. The van der Waals surface area contributed by atoms with Crippen molar-refractivity contribution in [3.63, 3.8) is 0 Å². The molecule has 27 heavy (non-hydrogen) atoms. The van der Waals surface area contributed by atoms with Gasteiger partial charge in [-0.15, -0.1) is 0 Å². The Hall–Kier alpha value is -2.15. The van der Waals surface area contributed by atoms with E-state index in [0.29, 0.717) is 25.6 Å². The molecule has 0 saturated carbocycles. The van der Waals surface area contributed by atoms with Crippen LogP contribution in [0.25, 0.3) is 0 Å². The Morgan fingerprint density at radius 1 is 1.11 bits per heavy atom. The molecule has 0 aromatic heterocycles. The summed E-state index contributed by atoms with van der Waals surface area (Å²) in [6.45, 7) is 3.70. The topological polar surface area (TPSA) is 53.1 Å². The zero-order valence-corrected chi connectivity index (χ0v) is 15.2. The lowest BCUT2D eigenvalue weighted by molar-refractivity contribution is -0.136. The minimum atomic E-state index is -0.400. The molecule has 5 heterocycles. The van der Waals surface area contributed by atoms with Gasteiger partial charge in [0.15, 0.2) is 0 Å². The number of ether oxygens (including phenoxy) is 1. The Bertz CT molecular complexity index is 747. The van der Waals surface area contributed by atoms with Gasteiger partial charge in [0, 0.05) is 18.5 Å². The predicted molar refractivity (Wildman–Crippen MR) is 95.6 cm³/mol. The van der Waals surface area contributed by atoms with Crippen LogP contribution >= 0.6 is 0 Å². The van der Waals surface area contributed by atoms with Crippen molar-refractivity contribution in [2.75, 3.05) is 39.3 Å². The molecule has 0 N–H and O–H groups in total. The second kappa shape index (κ2) is 6.48. The molecule has 2 bridgehead atoms. The molecule has 6 nitrogen and oxygen atoms in total. The van der Waals surface area contributed by atoms with Crippen LogP contribution in [0.4, 0.5) is 9.18 Å². The standard InChI is InChI=1S/C20H24FN3O3/c21-15-3-1-13(2-4-15)16-11-24(17(25)12-23-9-10-27-20(23)26)18-14-5-7-22(8-6-14)19(16)18/h1-4,14,16,18-19H,5-12H2/t16-,18+,19+/m0/s1. The highest BCUT2D eigenvalue weighted by Gasteiger charge is 2.54. The number of hydrogen-bond acceptors (Lipinski definition) is 4. The molecular weight excluding hydrogens is 349 g/mol. The van der Waals surface area contributed by atoms with Gasteiger partial charge in [-0.1, -0.05) is 12.1 Å². The van der Waals surface area contributed by atoms with Crippen molar-refractivity contribution in [2.45, 2.75) is 30.8 Å². The van der Waals surface area contributed by atoms with E-state index in [9.17, 15) is 14.0 Å². The SMILES string of the molecule is O=C1OCCN1CC(=O)N1C[C@@H](c2ccc(F)cc2)[C@@H]2[C@H]1C1CCN2CC1. The Balaban J connectivity index is 1.42.